The molecular formula is C26H30N4O4S. The van der Waals surface area contributed by atoms with Crippen molar-refractivity contribution in [3.63, 3.8) is 0 Å². The van der Waals surface area contributed by atoms with Crippen molar-refractivity contribution in [2.75, 3.05) is 32.6 Å². The fourth-order valence-corrected chi connectivity index (χ4v) is 5.00. The van der Waals surface area contributed by atoms with E-state index in [1.165, 1.54) is 13.3 Å². The van der Waals surface area contributed by atoms with Crippen molar-refractivity contribution in [2.45, 2.75) is 18.4 Å². The van der Waals surface area contributed by atoms with Gasteiger partial charge in [0, 0.05) is 26.3 Å². The summed E-state index contributed by atoms with van der Waals surface area (Å²) in [5, 5.41) is 3.99. The Morgan fingerprint density at radius 1 is 1.03 bits per heavy atom. The molecule has 0 atom stereocenters. The number of benzene rings is 3. The minimum absolute atomic E-state index is 0.00761. The number of carbonyl (C=O) groups is 1. The molecule has 0 saturated carbocycles. The standard InChI is InChI=1S/C26H30N4O4S/c1-20-10-15-24(34-4)25(16-20)35(32,33)30(18-22-8-6-5-7-9-22)19-26(31)28-27-17-21-11-13-23(14-12-21)29(2)3/h5-17H,18-19H2,1-4H3,(H,28,31)/b27-17+. The minimum atomic E-state index is -4.06. The van der Waals surface area contributed by atoms with Crippen LogP contribution in [0, 0.1) is 6.92 Å². The maximum atomic E-state index is 13.6. The Morgan fingerprint density at radius 2 is 1.71 bits per heavy atom. The van der Waals surface area contributed by atoms with Gasteiger partial charge in [0.1, 0.15) is 10.6 Å². The van der Waals surface area contributed by atoms with Gasteiger partial charge in [0.25, 0.3) is 5.91 Å². The Hall–Kier alpha value is -3.69. The molecule has 8 nitrogen and oxygen atoms in total. The highest BCUT2D eigenvalue weighted by atomic mass is 32.2. The summed E-state index contributed by atoms with van der Waals surface area (Å²) >= 11 is 0. The highest BCUT2D eigenvalue weighted by Crippen LogP contribution is 2.28. The summed E-state index contributed by atoms with van der Waals surface area (Å²) < 4.78 is 33.6. The van der Waals surface area contributed by atoms with E-state index in [9.17, 15) is 13.2 Å². The van der Waals surface area contributed by atoms with E-state index < -0.39 is 22.5 Å². The maximum absolute atomic E-state index is 13.6. The average molecular weight is 495 g/mol. The maximum Gasteiger partial charge on any atom is 0.255 e. The van der Waals surface area contributed by atoms with Gasteiger partial charge in [0.05, 0.1) is 19.9 Å². The molecule has 0 unspecified atom stereocenters. The van der Waals surface area contributed by atoms with Gasteiger partial charge in [-0.15, -0.1) is 0 Å². The summed E-state index contributed by atoms with van der Waals surface area (Å²) in [5.74, 6) is -0.342. The molecule has 0 heterocycles. The summed E-state index contributed by atoms with van der Waals surface area (Å²) in [6, 6.07) is 21.6. The molecule has 0 fully saturated rings. The molecule has 0 aliphatic carbocycles. The summed E-state index contributed by atoms with van der Waals surface area (Å²) in [5.41, 5.74) is 5.78. The van der Waals surface area contributed by atoms with Crippen LogP contribution in [0.25, 0.3) is 0 Å². The summed E-state index contributed by atoms with van der Waals surface area (Å²) in [6.07, 6.45) is 1.51. The minimum Gasteiger partial charge on any atom is -0.495 e. The Bertz CT molecular complexity index is 1270. The third-order valence-corrected chi connectivity index (χ3v) is 7.08. The van der Waals surface area contributed by atoms with E-state index in [-0.39, 0.29) is 17.2 Å². The number of rotatable bonds is 10. The molecule has 1 amide bonds. The first kappa shape index (κ1) is 25.9. The predicted molar refractivity (Wildman–Crippen MR) is 138 cm³/mol. The fraction of sp³-hybridized carbons (Fsp3) is 0.231. The van der Waals surface area contributed by atoms with Crippen LogP contribution in [0.2, 0.25) is 0 Å². The number of aryl methyl sites for hydroxylation is 1. The average Bonchev–Trinajstić information content (AvgIpc) is 2.84. The number of hydrogen-bond acceptors (Lipinski definition) is 6. The van der Waals surface area contributed by atoms with Crippen molar-refractivity contribution < 1.29 is 17.9 Å². The number of ether oxygens (including phenoxy) is 1. The second kappa shape index (κ2) is 11.6. The molecule has 184 valence electrons. The van der Waals surface area contributed by atoms with Crippen LogP contribution in [0.5, 0.6) is 5.75 Å². The summed E-state index contributed by atoms with van der Waals surface area (Å²) in [4.78, 5) is 14.7. The quantitative estimate of drug-likeness (QED) is 0.345. The van der Waals surface area contributed by atoms with Crippen LogP contribution in [0.3, 0.4) is 0 Å². The number of nitrogens with zero attached hydrogens (tertiary/aromatic N) is 3. The highest BCUT2D eigenvalue weighted by molar-refractivity contribution is 7.89. The number of hydrogen-bond donors (Lipinski definition) is 1. The Labute approximate surface area is 206 Å². The molecule has 0 spiro atoms. The number of hydrazone groups is 1. The molecule has 0 saturated heterocycles. The van der Waals surface area contributed by atoms with E-state index >= 15 is 0 Å². The zero-order valence-electron chi connectivity index (χ0n) is 20.3. The van der Waals surface area contributed by atoms with Gasteiger partial charge < -0.3 is 9.64 Å². The highest BCUT2D eigenvalue weighted by Gasteiger charge is 2.30. The van der Waals surface area contributed by atoms with Crippen LogP contribution in [-0.4, -0.2) is 52.6 Å². The Morgan fingerprint density at radius 3 is 2.34 bits per heavy atom. The second-order valence-electron chi connectivity index (χ2n) is 8.19. The third-order valence-electron chi connectivity index (χ3n) is 5.27. The van der Waals surface area contributed by atoms with E-state index in [4.69, 9.17) is 4.74 Å². The summed E-state index contributed by atoms with van der Waals surface area (Å²) in [7, 11) is 1.25. The van der Waals surface area contributed by atoms with Crippen LogP contribution < -0.4 is 15.1 Å². The van der Waals surface area contributed by atoms with E-state index in [2.05, 4.69) is 10.5 Å². The molecule has 3 rings (SSSR count). The van der Waals surface area contributed by atoms with Crippen LogP contribution in [0.15, 0.2) is 82.8 Å². The molecule has 9 heteroatoms. The Balaban J connectivity index is 1.81. The van der Waals surface area contributed by atoms with E-state index in [0.717, 1.165) is 26.7 Å². The SMILES string of the molecule is COc1ccc(C)cc1S(=O)(=O)N(CC(=O)N/N=C/c1ccc(N(C)C)cc1)Cc1ccccc1. The molecule has 0 bridgehead atoms. The zero-order chi connectivity index (χ0) is 25.4. The first-order valence-electron chi connectivity index (χ1n) is 11.0. The normalized spacial score (nSPS) is 11.6. The van der Waals surface area contributed by atoms with E-state index in [1.54, 1.807) is 25.1 Å². The van der Waals surface area contributed by atoms with Crippen molar-refractivity contribution in [3.05, 3.63) is 89.5 Å². The van der Waals surface area contributed by atoms with Gasteiger partial charge in [-0.25, -0.2) is 13.8 Å². The lowest BCUT2D eigenvalue weighted by molar-refractivity contribution is -0.121. The number of carbonyl (C=O) groups excluding carboxylic acids is 1. The van der Waals surface area contributed by atoms with E-state index in [0.29, 0.717) is 0 Å². The predicted octanol–water partition coefficient (Wildman–Crippen LogP) is 3.41. The molecule has 35 heavy (non-hydrogen) atoms. The first-order chi connectivity index (χ1) is 16.7. The largest absolute Gasteiger partial charge is 0.495 e. The Kier molecular flexibility index (Phi) is 8.62. The van der Waals surface area contributed by atoms with Crippen molar-refractivity contribution in [1.82, 2.24) is 9.73 Å². The topological polar surface area (TPSA) is 91.3 Å². The van der Waals surface area contributed by atoms with Crippen LogP contribution >= 0.6 is 0 Å². The van der Waals surface area contributed by atoms with Crippen molar-refractivity contribution in [1.29, 1.82) is 0 Å². The van der Waals surface area contributed by atoms with Crippen LogP contribution in [0.1, 0.15) is 16.7 Å². The molecule has 3 aromatic rings. The lowest BCUT2D eigenvalue weighted by Gasteiger charge is -2.23. The van der Waals surface area contributed by atoms with Gasteiger partial charge in [-0.3, -0.25) is 4.79 Å². The molecule has 0 aromatic heterocycles. The smallest absolute Gasteiger partial charge is 0.255 e. The van der Waals surface area contributed by atoms with Gasteiger partial charge in [0.15, 0.2) is 0 Å². The van der Waals surface area contributed by atoms with Crippen LogP contribution in [-0.2, 0) is 21.4 Å². The molecule has 0 aliphatic rings. The number of nitrogens with one attached hydrogen (secondary N) is 1. The van der Waals surface area contributed by atoms with Gasteiger partial charge in [0.2, 0.25) is 10.0 Å². The van der Waals surface area contributed by atoms with Crippen molar-refractivity contribution in [2.24, 2.45) is 5.10 Å². The molecule has 1 N–H and O–H groups in total. The molecule has 0 aliphatic heterocycles. The second-order valence-corrected chi connectivity index (χ2v) is 10.1. The molecule has 3 aromatic carbocycles. The summed E-state index contributed by atoms with van der Waals surface area (Å²) in [6.45, 7) is 1.40. The van der Waals surface area contributed by atoms with Crippen molar-refractivity contribution >= 4 is 27.8 Å². The number of sulfonamides is 1. The number of anilines is 1. The zero-order valence-corrected chi connectivity index (χ0v) is 21.1. The fourth-order valence-electron chi connectivity index (χ4n) is 3.37. The van der Waals surface area contributed by atoms with Crippen molar-refractivity contribution in [3.8, 4) is 5.75 Å². The molecule has 0 radical (unpaired) electrons. The number of amides is 1. The van der Waals surface area contributed by atoms with Crippen LogP contribution in [0.4, 0.5) is 5.69 Å². The lowest BCUT2D eigenvalue weighted by Crippen LogP contribution is -2.39. The number of methoxy groups -OCH3 is 1. The monoisotopic (exact) mass is 494 g/mol. The third kappa shape index (κ3) is 6.91. The molecular weight excluding hydrogens is 464 g/mol. The lowest BCUT2D eigenvalue weighted by atomic mass is 10.2. The van der Waals surface area contributed by atoms with Gasteiger partial charge >= 0.3 is 0 Å². The van der Waals surface area contributed by atoms with Gasteiger partial charge in [-0.05, 0) is 47.9 Å². The van der Waals surface area contributed by atoms with Gasteiger partial charge in [-0.1, -0.05) is 48.5 Å². The van der Waals surface area contributed by atoms with Gasteiger partial charge in [-0.2, -0.15) is 9.41 Å². The first-order valence-corrected chi connectivity index (χ1v) is 12.4. The van der Waals surface area contributed by atoms with E-state index in [1.807, 2.05) is 73.6 Å².